The second kappa shape index (κ2) is 46.4. The summed E-state index contributed by atoms with van der Waals surface area (Å²) in [5, 5.41) is 53.3. The lowest BCUT2D eigenvalue weighted by Crippen LogP contribution is -2.41. The standard InChI is InChI=1S/C23H20ClF3N6O2.C20H13BrClN7O2.C20H13Cl2N7O2.C20H14F4N6O2.4CH4/c1-12-9-13(28-5)10-14(20(34)31-22(2,3)4)18(12)30-21(35)16-11-17(23(25,26)27)32-33(16)19-15(24)7-6-8-29-19;1-11-8-12(24-2)9-13(19(30)26-7-5-23)17(11)27-20(31)15-10-16(21)28-29(15)18-14(22)4-3-6-25-18;1-11-8-12(24-2)9-13(19(30)26-7-5-23)17(11)27-20(31)15-10-16(22)28-29(15)18-14(21)4-3-6-25-18;1-10-7-11(25-2)8-12(18(31)26-3)16(10)28-19(32)14-9-15(20(22,23)24)29-30(14)17-13(21)5-4-6-27-17;;;;/h6-11H,1-4H3,(H,30,35)(H,31,34);2*3-4,6,8-10H,7H2,1H3,(H,26,30)(H,27,31);4-9H,1,3H3,(H,26,31)(H,28,32);4*1H4. The first-order valence-corrected chi connectivity index (χ1v) is 38.8. The molecule has 12 rings (SSSR count). The number of aromatic nitrogens is 12. The third kappa shape index (κ3) is 26.5. The van der Waals surface area contributed by atoms with Gasteiger partial charge in [-0.1, -0.05) is 100 Å². The van der Waals surface area contributed by atoms with Crippen LogP contribution < -0.4 is 42.5 Å². The normalized spacial score (nSPS) is 10.4. The SMILES string of the molecule is C.C.C.C.[C-]#[N+]c1cc(C)c(NC(=O)c2cc(Br)nn2-c2ncccc2Cl)c(C(=O)NCC#N)c1.[C-]#[N+]c1cc(C)c(NC(=O)c2cc(C(F)(F)F)nn2-c2ncccc2Cl)c(C(=O)NC(C)(C)C)c1.[C-]#[N+]c1cc(C)c(NC(=O)c2cc(C(F)(F)F)nn2-c2ncccc2F)c(C(=O)NC)c1.[C-]#[N+]c1cc(C)c(NC(=O)c2cc(Cl)nn2-c2ncccc2Cl)c(C(=O)NCC#N)c1. The molecule has 0 aliphatic carbocycles. The summed E-state index contributed by atoms with van der Waals surface area (Å²) < 4.78 is 98.2. The van der Waals surface area contributed by atoms with Crippen molar-refractivity contribution >= 4 is 155 Å². The predicted octanol–water partition coefficient (Wildman–Crippen LogP) is 20.0. The number of anilines is 4. The van der Waals surface area contributed by atoms with Gasteiger partial charge in [-0.25, -0.2) is 62.4 Å². The molecule has 0 aliphatic heterocycles. The molecular formula is C87H76BrCl4F7N26O8. The monoisotopic (exact) mass is 1960 g/mol. The van der Waals surface area contributed by atoms with E-state index in [0.717, 1.165) is 12.3 Å². The lowest BCUT2D eigenvalue weighted by molar-refractivity contribution is -0.142. The highest BCUT2D eigenvalue weighted by Gasteiger charge is 2.39. The number of nitrogens with one attached hydrogen (secondary N) is 8. The third-order valence-electron chi connectivity index (χ3n) is 17.1. The molecule has 0 aliphatic rings. The van der Waals surface area contributed by atoms with Gasteiger partial charge in [-0.2, -0.15) is 57.3 Å². The number of pyridine rings is 4. The topological polar surface area (TPSA) is 421 Å². The highest BCUT2D eigenvalue weighted by Crippen LogP contribution is 2.38. The van der Waals surface area contributed by atoms with Crippen LogP contribution in [0.3, 0.4) is 0 Å². The van der Waals surface area contributed by atoms with Gasteiger partial charge in [-0.15, -0.1) is 0 Å². The second-order valence-electron chi connectivity index (χ2n) is 27.4. The fraction of sp³-hybridized carbons (Fsp3) is 0.195. The summed E-state index contributed by atoms with van der Waals surface area (Å²) in [5.74, 6) is -7.02. The van der Waals surface area contributed by atoms with Gasteiger partial charge in [-0.3, -0.25) is 38.4 Å². The van der Waals surface area contributed by atoms with Crippen molar-refractivity contribution in [1.82, 2.24) is 80.3 Å². The number of nitrogens with zero attached hydrogens (tertiary/aromatic N) is 18. The molecule has 12 aromatic rings. The quantitative estimate of drug-likeness (QED) is 0.0225. The Morgan fingerprint density at radius 3 is 1.02 bits per heavy atom. The van der Waals surface area contributed by atoms with Crippen molar-refractivity contribution in [1.29, 1.82) is 10.5 Å². The minimum atomic E-state index is -4.91. The number of carbonyl (C=O) groups excluding carboxylic acids is 8. The zero-order chi connectivity index (χ0) is 94.8. The number of rotatable bonds is 18. The molecule has 8 aromatic heterocycles. The number of amides is 8. The molecule has 0 saturated heterocycles. The number of aryl methyl sites for hydroxylation is 4. The summed E-state index contributed by atoms with van der Waals surface area (Å²) in [4.78, 5) is 132. The van der Waals surface area contributed by atoms with E-state index in [9.17, 15) is 69.1 Å². The van der Waals surface area contributed by atoms with Crippen molar-refractivity contribution < 1.29 is 69.1 Å². The third-order valence-corrected chi connectivity index (χ3v) is 18.6. The van der Waals surface area contributed by atoms with Gasteiger partial charge in [0.2, 0.25) is 0 Å². The largest absolute Gasteiger partial charge is 0.435 e. The average Bonchev–Trinajstić information content (AvgIpc) is 1.68. The summed E-state index contributed by atoms with van der Waals surface area (Å²) >= 11 is 27.7. The van der Waals surface area contributed by atoms with E-state index in [1.54, 1.807) is 77.9 Å². The molecule has 133 heavy (non-hydrogen) atoms. The van der Waals surface area contributed by atoms with Crippen LogP contribution in [0.2, 0.25) is 20.2 Å². The molecule has 8 N–H and O–H groups in total. The number of halogens is 12. The predicted molar refractivity (Wildman–Crippen MR) is 488 cm³/mol. The fourth-order valence-corrected chi connectivity index (χ4v) is 12.7. The van der Waals surface area contributed by atoms with Gasteiger partial charge in [-0.05, 0) is 159 Å². The number of hydrogen-bond donors (Lipinski definition) is 8. The first-order chi connectivity index (χ1) is 61.0. The van der Waals surface area contributed by atoms with E-state index >= 15 is 0 Å². The van der Waals surface area contributed by atoms with Crippen LogP contribution in [0.25, 0.3) is 42.7 Å². The van der Waals surface area contributed by atoms with Gasteiger partial charge in [0.25, 0.3) is 47.3 Å². The lowest BCUT2D eigenvalue weighted by atomic mass is 10.0. The minimum absolute atomic E-state index is 0. The fourth-order valence-electron chi connectivity index (χ4n) is 11.6. The van der Waals surface area contributed by atoms with Crippen LogP contribution in [-0.4, -0.2) is 132 Å². The second-order valence-corrected chi connectivity index (χ2v) is 29.8. The first-order valence-electron chi connectivity index (χ1n) is 36.5. The maximum absolute atomic E-state index is 14.2. The average molecular weight is 1970 g/mol. The molecule has 0 unspecified atom stereocenters. The van der Waals surface area contributed by atoms with Crippen LogP contribution in [0.4, 0.5) is 76.2 Å². The Labute approximate surface area is 784 Å². The molecule has 46 heteroatoms. The van der Waals surface area contributed by atoms with Gasteiger partial charge in [0.1, 0.15) is 40.5 Å². The molecular weight excluding hydrogens is 1890 g/mol. The Kier molecular flexibility index (Phi) is 37.6. The molecule has 8 heterocycles. The summed E-state index contributed by atoms with van der Waals surface area (Å²) in [6, 6.07) is 30.1. The van der Waals surface area contributed by atoms with Crippen molar-refractivity contribution in [3.8, 4) is 35.4 Å². The van der Waals surface area contributed by atoms with Crippen LogP contribution in [0, 0.1) is 82.5 Å². The van der Waals surface area contributed by atoms with E-state index in [-0.39, 0.29) is 155 Å². The Morgan fingerprint density at radius 1 is 0.421 bits per heavy atom. The van der Waals surface area contributed by atoms with Crippen LogP contribution in [-0.2, 0) is 12.4 Å². The minimum Gasteiger partial charge on any atom is -0.355 e. The Bertz CT molecular complexity index is 6570. The Hall–Kier alpha value is -15.8. The molecule has 0 fully saturated rings. The lowest BCUT2D eigenvalue weighted by Gasteiger charge is -2.22. The summed E-state index contributed by atoms with van der Waals surface area (Å²) in [7, 11) is 1.34. The van der Waals surface area contributed by atoms with E-state index < -0.39 is 99.6 Å². The molecule has 4 aromatic carbocycles. The number of carbonyl (C=O) groups is 8. The number of alkyl halides is 6. The van der Waals surface area contributed by atoms with Crippen molar-refractivity contribution in [2.75, 3.05) is 41.4 Å². The van der Waals surface area contributed by atoms with Gasteiger partial charge >= 0.3 is 12.4 Å². The maximum atomic E-state index is 14.2. The van der Waals surface area contributed by atoms with Gasteiger partial charge in [0.05, 0.1) is 98.5 Å². The van der Waals surface area contributed by atoms with Crippen LogP contribution >= 0.6 is 62.3 Å². The number of benzene rings is 4. The summed E-state index contributed by atoms with van der Waals surface area (Å²) in [6.45, 7) is 40.0. The maximum Gasteiger partial charge on any atom is 0.435 e. The van der Waals surface area contributed by atoms with E-state index in [1.165, 1.54) is 115 Å². The first kappa shape index (κ1) is 108. The molecule has 0 bridgehead atoms. The zero-order valence-electron chi connectivity index (χ0n) is 67.6. The van der Waals surface area contributed by atoms with E-state index in [2.05, 4.69) is 118 Å². The molecule has 0 spiro atoms. The smallest absolute Gasteiger partial charge is 0.355 e. The number of nitriles is 2. The molecule has 0 atom stereocenters. The van der Waals surface area contributed by atoms with E-state index in [0.29, 0.717) is 53.4 Å². The Morgan fingerprint density at radius 2 is 0.714 bits per heavy atom. The molecule has 34 nitrogen and oxygen atoms in total. The number of hydrogen-bond acceptors (Lipinski definition) is 18. The molecule has 0 radical (unpaired) electrons. The van der Waals surface area contributed by atoms with E-state index in [4.69, 9.17) is 83.2 Å². The van der Waals surface area contributed by atoms with Gasteiger partial charge in [0, 0.05) is 61.6 Å². The van der Waals surface area contributed by atoms with Crippen molar-refractivity contribution in [3.05, 3.63) is 301 Å². The Balaban J connectivity index is 0.000000311. The van der Waals surface area contributed by atoms with Crippen molar-refractivity contribution in [3.63, 3.8) is 0 Å². The van der Waals surface area contributed by atoms with E-state index in [1.807, 2.05) is 6.07 Å². The molecule has 8 amide bonds. The van der Waals surface area contributed by atoms with Crippen LogP contribution in [0.5, 0.6) is 0 Å². The van der Waals surface area contributed by atoms with Crippen LogP contribution in [0.15, 0.2) is 151 Å². The highest BCUT2D eigenvalue weighted by atomic mass is 79.9. The van der Waals surface area contributed by atoms with Crippen LogP contribution in [0.1, 0.15) is 168 Å². The molecule has 0 saturated carbocycles. The van der Waals surface area contributed by atoms with Crippen molar-refractivity contribution in [2.24, 2.45) is 0 Å². The summed E-state index contributed by atoms with van der Waals surface area (Å²) in [6.07, 6.45) is -4.32. The highest BCUT2D eigenvalue weighted by molar-refractivity contribution is 9.10. The van der Waals surface area contributed by atoms with Gasteiger partial charge in [0.15, 0.2) is 68.4 Å². The van der Waals surface area contributed by atoms with Crippen molar-refractivity contribution in [2.45, 2.75) is 96.1 Å². The zero-order valence-corrected chi connectivity index (χ0v) is 72.2. The molecule has 686 valence electrons. The summed E-state index contributed by atoms with van der Waals surface area (Å²) in [5.41, 5.74) is -1.58. The van der Waals surface area contributed by atoms with Gasteiger partial charge < -0.3 is 42.5 Å².